The number of hydrogen-bond acceptors (Lipinski definition) is 5. The van der Waals surface area contributed by atoms with Crippen LogP contribution in [0, 0.1) is 0 Å². The molecule has 0 radical (unpaired) electrons. The highest BCUT2D eigenvalue weighted by Crippen LogP contribution is 2.12. The Morgan fingerprint density at radius 3 is 1.62 bits per heavy atom. The second-order valence-corrected chi connectivity index (χ2v) is 4.90. The van der Waals surface area contributed by atoms with Crippen molar-refractivity contribution in [2.45, 2.75) is 0 Å². The van der Waals surface area contributed by atoms with Gasteiger partial charge >= 0.3 is 5.97 Å². The maximum Gasteiger partial charge on any atom is 0.330 e. The first-order valence-electron chi connectivity index (χ1n) is 7.79. The van der Waals surface area contributed by atoms with Gasteiger partial charge in [0.1, 0.15) is 17.8 Å². The Hall–Kier alpha value is -3.34. The number of benzene rings is 2. The lowest BCUT2D eigenvalue weighted by atomic mass is 10.2. The molecule has 0 heterocycles. The first-order chi connectivity index (χ1) is 12.6. The van der Waals surface area contributed by atoms with Crippen molar-refractivity contribution < 1.29 is 23.8 Å². The molecule has 0 aromatic heterocycles. The average Bonchev–Trinajstić information content (AvgIpc) is 2.71. The molecule has 136 valence electrons. The van der Waals surface area contributed by atoms with Gasteiger partial charge in [0.25, 0.3) is 0 Å². The lowest BCUT2D eigenvalue weighted by Crippen LogP contribution is -1.93. The third-order valence-corrected chi connectivity index (χ3v) is 3.21. The third kappa shape index (κ3) is 7.97. The quantitative estimate of drug-likeness (QED) is 0.449. The molecule has 0 N–H and O–H groups in total. The molecule has 0 aliphatic rings. The van der Waals surface area contributed by atoms with Crippen molar-refractivity contribution in [3.63, 3.8) is 0 Å². The highest BCUT2D eigenvalue weighted by molar-refractivity contribution is 5.86. The molecule has 0 atom stereocenters. The van der Waals surface area contributed by atoms with Crippen LogP contribution >= 0.6 is 0 Å². The van der Waals surface area contributed by atoms with Gasteiger partial charge in [-0.05, 0) is 47.5 Å². The monoisotopic (exact) mass is 354 g/mol. The van der Waals surface area contributed by atoms with Crippen LogP contribution in [-0.4, -0.2) is 33.6 Å². The molecule has 26 heavy (non-hydrogen) atoms. The van der Waals surface area contributed by atoms with Gasteiger partial charge in [-0.25, -0.2) is 4.79 Å². The average molecular weight is 354 g/mol. The zero-order chi connectivity index (χ0) is 19.2. The molecule has 0 spiro atoms. The van der Waals surface area contributed by atoms with E-state index in [0.717, 1.165) is 28.9 Å². The van der Waals surface area contributed by atoms with Gasteiger partial charge in [0, 0.05) is 6.08 Å². The predicted molar refractivity (Wildman–Crippen MR) is 102 cm³/mol. The summed E-state index contributed by atoms with van der Waals surface area (Å²) in [6.07, 6.45) is 7.02. The van der Waals surface area contributed by atoms with Gasteiger partial charge in [-0.3, -0.25) is 4.79 Å². The summed E-state index contributed by atoms with van der Waals surface area (Å²) in [4.78, 5) is 20.8. The minimum Gasteiger partial charge on any atom is -0.497 e. The number of allylic oxidation sites excluding steroid dienone is 1. The lowest BCUT2D eigenvalue weighted by molar-refractivity contribution is -0.134. The van der Waals surface area contributed by atoms with Crippen molar-refractivity contribution in [3.05, 3.63) is 71.8 Å². The summed E-state index contributed by atoms with van der Waals surface area (Å²) in [5, 5.41) is 0. The molecule has 0 amide bonds. The molecule has 0 saturated carbocycles. The summed E-state index contributed by atoms with van der Waals surface area (Å²) in [6, 6.07) is 14.9. The minimum atomic E-state index is -0.360. The molecule has 2 rings (SSSR count). The fraction of sp³-hybridized carbons (Fsp3) is 0.143. The molecule has 2 aromatic carbocycles. The zero-order valence-corrected chi connectivity index (χ0v) is 15.0. The number of aldehydes is 1. The van der Waals surface area contributed by atoms with E-state index in [1.807, 2.05) is 48.5 Å². The Balaban J connectivity index is 0.000000263. The van der Waals surface area contributed by atoms with Crippen LogP contribution in [-0.2, 0) is 14.3 Å². The van der Waals surface area contributed by atoms with Crippen LogP contribution in [0.4, 0.5) is 0 Å². The van der Waals surface area contributed by atoms with Crippen molar-refractivity contribution in [2.24, 2.45) is 0 Å². The number of carbonyl (C=O) groups excluding carboxylic acids is 2. The molecule has 0 aliphatic carbocycles. The normalized spacial score (nSPS) is 10.1. The Labute approximate surface area is 153 Å². The van der Waals surface area contributed by atoms with Crippen LogP contribution in [0.15, 0.2) is 60.7 Å². The van der Waals surface area contributed by atoms with E-state index in [1.165, 1.54) is 19.3 Å². The Bertz CT molecular complexity index is 728. The second-order valence-electron chi connectivity index (χ2n) is 4.90. The van der Waals surface area contributed by atoms with Gasteiger partial charge in [0.2, 0.25) is 0 Å². The van der Waals surface area contributed by atoms with Crippen LogP contribution in [0.5, 0.6) is 11.5 Å². The summed E-state index contributed by atoms with van der Waals surface area (Å²) < 4.78 is 14.4. The van der Waals surface area contributed by atoms with Crippen LogP contribution in [0.2, 0.25) is 0 Å². The maximum absolute atomic E-state index is 10.8. The second kappa shape index (κ2) is 12.1. The minimum absolute atomic E-state index is 0.360. The van der Waals surface area contributed by atoms with Crippen LogP contribution < -0.4 is 9.47 Å². The molecule has 5 nitrogen and oxygen atoms in total. The van der Waals surface area contributed by atoms with Gasteiger partial charge in [-0.1, -0.05) is 30.3 Å². The van der Waals surface area contributed by atoms with Crippen molar-refractivity contribution >= 4 is 24.4 Å². The lowest BCUT2D eigenvalue weighted by Gasteiger charge is -1.98. The standard InChI is InChI=1S/C11H12O3.C10H10O2/c1-13-10-6-3-9(4-7-10)5-8-11(12)14-2;1-12-10-6-4-9(5-7-10)3-2-8-11/h3-8H,1-2H3;2-8H,1H3/b8-5+;3-2+. The van der Waals surface area contributed by atoms with Gasteiger partial charge < -0.3 is 14.2 Å². The molecule has 0 fully saturated rings. The van der Waals surface area contributed by atoms with E-state index in [2.05, 4.69) is 4.74 Å². The topological polar surface area (TPSA) is 61.8 Å². The molecule has 0 saturated heterocycles. The fourth-order valence-electron chi connectivity index (χ4n) is 1.81. The summed E-state index contributed by atoms with van der Waals surface area (Å²) in [6.45, 7) is 0. The van der Waals surface area contributed by atoms with Gasteiger partial charge in [0.05, 0.1) is 21.3 Å². The smallest absolute Gasteiger partial charge is 0.330 e. The van der Waals surface area contributed by atoms with E-state index in [0.29, 0.717) is 0 Å². The fourth-order valence-corrected chi connectivity index (χ4v) is 1.81. The number of carbonyl (C=O) groups is 2. The third-order valence-electron chi connectivity index (χ3n) is 3.21. The van der Waals surface area contributed by atoms with E-state index < -0.39 is 0 Å². The number of ether oxygens (including phenoxy) is 3. The Morgan fingerprint density at radius 1 is 0.769 bits per heavy atom. The molecule has 0 bridgehead atoms. The molecular formula is C21H22O5. The maximum atomic E-state index is 10.8. The molecule has 0 aliphatic heterocycles. The highest BCUT2D eigenvalue weighted by Gasteiger charge is 1.93. The van der Waals surface area contributed by atoms with Crippen molar-refractivity contribution in [2.75, 3.05) is 21.3 Å². The van der Waals surface area contributed by atoms with E-state index in [-0.39, 0.29) is 5.97 Å². The number of methoxy groups -OCH3 is 3. The number of esters is 1. The zero-order valence-electron chi connectivity index (χ0n) is 15.0. The van der Waals surface area contributed by atoms with Crippen molar-refractivity contribution in [3.8, 4) is 11.5 Å². The Morgan fingerprint density at radius 2 is 1.23 bits per heavy atom. The molecular weight excluding hydrogens is 332 g/mol. The molecule has 2 aromatic rings. The SMILES string of the molecule is COC(=O)/C=C/c1ccc(OC)cc1.COc1ccc(/C=C/C=O)cc1. The summed E-state index contributed by atoms with van der Waals surface area (Å²) in [5.41, 5.74) is 1.92. The highest BCUT2D eigenvalue weighted by atomic mass is 16.5. The van der Waals surface area contributed by atoms with Gasteiger partial charge in [-0.2, -0.15) is 0 Å². The molecule has 0 unspecified atom stereocenters. The largest absolute Gasteiger partial charge is 0.497 e. The van der Waals surface area contributed by atoms with E-state index in [9.17, 15) is 9.59 Å². The van der Waals surface area contributed by atoms with Crippen molar-refractivity contribution in [1.29, 1.82) is 0 Å². The van der Waals surface area contributed by atoms with Crippen LogP contribution in [0.3, 0.4) is 0 Å². The number of rotatable bonds is 6. The first-order valence-corrected chi connectivity index (χ1v) is 7.79. The summed E-state index contributed by atoms with van der Waals surface area (Å²) in [5.74, 6) is 1.25. The van der Waals surface area contributed by atoms with Crippen LogP contribution in [0.1, 0.15) is 11.1 Å². The first kappa shape index (κ1) is 20.7. The van der Waals surface area contributed by atoms with E-state index in [1.54, 1.807) is 26.4 Å². The van der Waals surface area contributed by atoms with E-state index in [4.69, 9.17) is 9.47 Å². The number of hydrogen-bond donors (Lipinski definition) is 0. The van der Waals surface area contributed by atoms with Gasteiger partial charge in [0.15, 0.2) is 0 Å². The Kier molecular flexibility index (Phi) is 9.62. The summed E-state index contributed by atoms with van der Waals surface area (Å²) in [7, 11) is 4.58. The predicted octanol–water partition coefficient (Wildman–Crippen LogP) is 3.79. The van der Waals surface area contributed by atoms with E-state index >= 15 is 0 Å². The van der Waals surface area contributed by atoms with Crippen LogP contribution in [0.25, 0.3) is 12.2 Å². The van der Waals surface area contributed by atoms with Gasteiger partial charge in [-0.15, -0.1) is 0 Å². The van der Waals surface area contributed by atoms with Crippen molar-refractivity contribution in [1.82, 2.24) is 0 Å². The summed E-state index contributed by atoms with van der Waals surface area (Å²) >= 11 is 0. The molecule has 5 heteroatoms.